The molecule has 0 aromatic heterocycles. The topological polar surface area (TPSA) is 29.1 Å². The number of carbonyl (C=O) groups is 1. The Balaban J connectivity index is 0. The van der Waals surface area contributed by atoms with Gasteiger partial charge in [-0.2, -0.15) is 0 Å². The number of halogens is 1. The summed E-state index contributed by atoms with van der Waals surface area (Å²) in [6, 6.07) is 6.57. The Morgan fingerprint density at radius 2 is 1.58 bits per heavy atom. The molecule has 2 atom stereocenters. The van der Waals surface area contributed by atoms with Gasteiger partial charge >= 0.3 is 0 Å². The van der Waals surface area contributed by atoms with Gasteiger partial charge in [0.25, 0.3) is 5.91 Å². The molecule has 36 heavy (non-hydrogen) atoms. The van der Waals surface area contributed by atoms with Crippen LogP contribution >= 0.6 is 0 Å². The van der Waals surface area contributed by atoms with Crippen LogP contribution in [-0.2, 0) is 11.2 Å². The van der Waals surface area contributed by atoms with Gasteiger partial charge in [0.1, 0.15) is 5.82 Å². The van der Waals surface area contributed by atoms with Crippen LogP contribution in [0.4, 0.5) is 4.39 Å². The SMILES string of the molecule is C=CC(C(=O)NC(=C)[C@H](CC)C(C)CC)=C(C)C.CC.CC1CCCCC1.CCc1ccc(F)cc1. The van der Waals surface area contributed by atoms with Crippen LogP contribution in [0.25, 0.3) is 0 Å². The molecule has 1 unspecified atom stereocenters. The minimum Gasteiger partial charge on any atom is -0.326 e. The summed E-state index contributed by atoms with van der Waals surface area (Å²) >= 11 is 0. The van der Waals surface area contributed by atoms with E-state index >= 15 is 0 Å². The van der Waals surface area contributed by atoms with E-state index in [1.807, 2.05) is 34.6 Å². The molecule has 0 saturated heterocycles. The summed E-state index contributed by atoms with van der Waals surface area (Å²) in [7, 11) is 0. The first-order valence-electron chi connectivity index (χ1n) is 14.1. The second-order valence-corrected chi connectivity index (χ2v) is 9.72. The molecule has 2 rings (SSSR count). The van der Waals surface area contributed by atoms with E-state index in [1.165, 1.54) is 49.8 Å². The molecule has 0 bridgehead atoms. The number of nitrogens with one attached hydrogen (secondary N) is 1. The highest BCUT2D eigenvalue weighted by Crippen LogP contribution is 2.24. The van der Waals surface area contributed by atoms with Crippen molar-refractivity contribution < 1.29 is 9.18 Å². The van der Waals surface area contributed by atoms with Gasteiger partial charge in [0.05, 0.1) is 0 Å². The Morgan fingerprint density at radius 1 is 1.06 bits per heavy atom. The number of rotatable bonds is 8. The molecule has 3 heteroatoms. The Bertz CT molecular complexity index is 752. The van der Waals surface area contributed by atoms with Crippen LogP contribution in [0.3, 0.4) is 0 Å². The maximum Gasteiger partial charge on any atom is 0.255 e. The average molecular weight is 502 g/mol. The summed E-state index contributed by atoms with van der Waals surface area (Å²) < 4.78 is 12.2. The smallest absolute Gasteiger partial charge is 0.255 e. The fraction of sp³-hybridized carbons (Fsp3) is 0.606. The van der Waals surface area contributed by atoms with Gasteiger partial charge in [0.15, 0.2) is 0 Å². The van der Waals surface area contributed by atoms with Gasteiger partial charge in [0, 0.05) is 17.2 Å². The zero-order chi connectivity index (χ0) is 28.1. The minimum absolute atomic E-state index is 0.100. The van der Waals surface area contributed by atoms with Crippen molar-refractivity contribution in [3.63, 3.8) is 0 Å². The summed E-state index contributed by atoms with van der Waals surface area (Å²) in [5.41, 5.74) is 3.59. The van der Waals surface area contributed by atoms with Crippen molar-refractivity contribution in [2.45, 2.75) is 114 Å². The van der Waals surface area contributed by atoms with Gasteiger partial charge in [-0.25, -0.2) is 4.39 Å². The van der Waals surface area contributed by atoms with Crippen molar-refractivity contribution in [2.75, 3.05) is 0 Å². The fourth-order valence-electron chi connectivity index (χ4n) is 4.13. The van der Waals surface area contributed by atoms with Gasteiger partial charge in [0.2, 0.25) is 0 Å². The summed E-state index contributed by atoms with van der Waals surface area (Å²) in [6.07, 6.45) is 12.1. The first-order valence-corrected chi connectivity index (χ1v) is 14.1. The molecular formula is C33H56FNO. The van der Waals surface area contributed by atoms with Crippen molar-refractivity contribution in [1.82, 2.24) is 5.32 Å². The predicted molar refractivity (Wildman–Crippen MR) is 158 cm³/mol. The lowest BCUT2D eigenvalue weighted by atomic mass is 9.87. The molecule has 1 aromatic rings. The largest absolute Gasteiger partial charge is 0.326 e. The van der Waals surface area contributed by atoms with Gasteiger partial charge < -0.3 is 5.32 Å². The normalized spacial score (nSPS) is 14.2. The lowest BCUT2D eigenvalue weighted by Gasteiger charge is -2.24. The first kappa shape index (κ1) is 36.0. The molecule has 0 aliphatic heterocycles. The molecule has 1 saturated carbocycles. The van der Waals surface area contributed by atoms with Crippen molar-refractivity contribution in [2.24, 2.45) is 17.8 Å². The summed E-state index contributed by atoms with van der Waals surface area (Å²) in [5, 5.41) is 2.92. The van der Waals surface area contributed by atoms with Crippen LogP contribution in [0.1, 0.15) is 113 Å². The Morgan fingerprint density at radius 3 is 1.92 bits per heavy atom. The highest BCUT2D eigenvalue weighted by Gasteiger charge is 2.19. The highest BCUT2D eigenvalue weighted by molar-refractivity contribution is 5.97. The minimum atomic E-state index is -0.160. The molecule has 1 amide bonds. The van der Waals surface area contributed by atoms with Gasteiger partial charge in [-0.3, -0.25) is 4.79 Å². The fourth-order valence-corrected chi connectivity index (χ4v) is 4.13. The van der Waals surface area contributed by atoms with Crippen LogP contribution in [0, 0.1) is 23.6 Å². The summed E-state index contributed by atoms with van der Waals surface area (Å²) in [5.74, 6) is 1.64. The van der Waals surface area contributed by atoms with E-state index < -0.39 is 0 Å². The van der Waals surface area contributed by atoms with E-state index in [1.54, 1.807) is 18.2 Å². The number of amides is 1. The molecule has 1 aromatic carbocycles. The molecule has 0 heterocycles. The maximum atomic E-state index is 12.2. The van der Waals surface area contributed by atoms with Crippen LogP contribution in [0.15, 0.2) is 60.3 Å². The van der Waals surface area contributed by atoms with E-state index in [2.05, 4.69) is 46.2 Å². The zero-order valence-electron chi connectivity index (χ0n) is 25.0. The van der Waals surface area contributed by atoms with Crippen LogP contribution in [0.5, 0.6) is 0 Å². The number of allylic oxidation sites excluding steroid dienone is 2. The number of benzene rings is 1. The zero-order valence-corrected chi connectivity index (χ0v) is 25.0. The van der Waals surface area contributed by atoms with E-state index in [9.17, 15) is 9.18 Å². The standard InChI is InChI=1S/C16H27NO.C8H9F.C7H14.C2H6/c1-8-12(6)15(10-3)13(7)17-16(18)14(9-2)11(4)5;1-2-7-3-5-8(9)6-4-7;1-7-5-3-2-4-6-7;1-2/h9,12,15H,2,7-8,10H2,1,3-6H3,(H,17,18);3-6H,2H2,1H3;7H,2-6H2,1H3;1-2H3/t12?,15-;;;/m1.../s1. The first-order chi connectivity index (χ1) is 17.1. The van der Waals surface area contributed by atoms with E-state index in [0.717, 1.165) is 36.5 Å². The van der Waals surface area contributed by atoms with Gasteiger partial charge in [-0.1, -0.05) is 124 Å². The third-order valence-electron chi connectivity index (χ3n) is 6.70. The number of hydrogen-bond acceptors (Lipinski definition) is 1. The molecule has 1 N–H and O–H groups in total. The Kier molecular flexibility index (Phi) is 22.1. The monoisotopic (exact) mass is 501 g/mol. The molecule has 0 spiro atoms. The van der Waals surface area contributed by atoms with Gasteiger partial charge in [-0.15, -0.1) is 0 Å². The second-order valence-electron chi connectivity index (χ2n) is 9.72. The number of carbonyl (C=O) groups excluding carboxylic acids is 1. The Hall–Kier alpha value is -2.16. The molecule has 2 nitrogen and oxygen atoms in total. The maximum absolute atomic E-state index is 12.2. The number of aryl methyl sites for hydroxylation is 1. The third kappa shape index (κ3) is 15.8. The predicted octanol–water partition coefficient (Wildman–Crippen LogP) is 10.2. The average Bonchev–Trinajstić information content (AvgIpc) is 2.87. The van der Waals surface area contributed by atoms with Crippen molar-refractivity contribution in [3.05, 3.63) is 71.7 Å². The van der Waals surface area contributed by atoms with Crippen molar-refractivity contribution in [1.29, 1.82) is 0 Å². The van der Waals surface area contributed by atoms with Gasteiger partial charge in [-0.05, 0) is 56.2 Å². The van der Waals surface area contributed by atoms with Crippen LogP contribution in [0.2, 0.25) is 0 Å². The van der Waals surface area contributed by atoms with Crippen LogP contribution in [-0.4, -0.2) is 5.91 Å². The van der Waals surface area contributed by atoms with E-state index in [4.69, 9.17) is 0 Å². The Labute approximate surface area is 223 Å². The lowest BCUT2D eigenvalue weighted by Crippen LogP contribution is -2.30. The van der Waals surface area contributed by atoms with Crippen molar-refractivity contribution >= 4 is 5.91 Å². The molecule has 1 aliphatic carbocycles. The lowest BCUT2D eigenvalue weighted by molar-refractivity contribution is -0.116. The molecule has 1 aliphatic rings. The van der Waals surface area contributed by atoms with E-state index in [0.29, 0.717) is 17.4 Å². The molecule has 1 fully saturated rings. The molecule has 0 radical (unpaired) electrons. The quantitative estimate of drug-likeness (QED) is 0.278. The molecular weight excluding hydrogens is 445 g/mol. The third-order valence-corrected chi connectivity index (χ3v) is 6.70. The van der Waals surface area contributed by atoms with Crippen LogP contribution < -0.4 is 5.32 Å². The second kappa shape index (κ2) is 22.1. The summed E-state index contributed by atoms with van der Waals surface area (Å²) in [4.78, 5) is 12.1. The number of hydrogen-bond donors (Lipinski definition) is 1. The van der Waals surface area contributed by atoms with Crippen molar-refractivity contribution in [3.8, 4) is 0 Å². The highest BCUT2D eigenvalue weighted by atomic mass is 19.1. The summed E-state index contributed by atoms with van der Waals surface area (Å²) in [6.45, 7) is 26.4. The molecule has 206 valence electrons. The van der Waals surface area contributed by atoms with E-state index in [-0.39, 0.29) is 11.7 Å².